The first-order valence-electron chi connectivity index (χ1n) is 5.60. The summed E-state index contributed by atoms with van der Waals surface area (Å²) in [4.78, 5) is 0. The Balaban J connectivity index is 2.09. The molecule has 1 aromatic rings. The zero-order valence-corrected chi connectivity index (χ0v) is 9.40. The fraction of sp³-hybridized carbons (Fsp3) is 0.727. The topological polar surface area (TPSA) is 50.1 Å². The van der Waals surface area contributed by atoms with Crippen LogP contribution in [-0.2, 0) is 13.5 Å². The molecule has 0 aromatic carbocycles. The molecule has 0 aliphatic heterocycles. The molecule has 2 N–H and O–H groups in total. The van der Waals surface area contributed by atoms with Crippen molar-refractivity contribution >= 4 is 0 Å². The number of fused-ring (bicyclic) bond motifs is 1. The van der Waals surface area contributed by atoms with Crippen LogP contribution in [-0.4, -0.2) is 27.5 Å². The largest absolute Gasteiger partial charge is 0.392 e. The fourth-order valence-corrected chi connectivity index (χ4v) is 2.23. The van der Waals surface area contributed by atoms with Crippen molar-refractivity contribution < 1.29 is 5.11 Å². The van der Waals surface area contributed by atoms with Gasteiger partial charge in [-0.1, -0.05) is 0 Å². The van der Waals surface area contributed by atoms with Crippen molar-refractivity contribution in [2.24, 2.45) is 7.05 Å². The summed E-state index contributed by atoms with van der Waals surface area (Å²) in [5.41, 5.74) is 2.65. The Morgan fingerprint density at radius 1 is 1.73 bits per heavy atom. The minimum absolute atomic E-state index is 0.285. The number of aromatic nitrogens is 2. The van der Waals surface area contributed by atoms with Gasteiger partial charge in [-0.25, -0.2) is 0 Å². The minimum Gasteiger partial charge on any atom is -0.392 e. The molecule has 1 heterocycles. The van der Waals surface area contributed by atoms with E-state index in [1.807, 2.05) is 17.9 Å². The minimum atomic E-state index is -0.285. The van der Waals surface area contributed by atoms with E-state index >= 15 is 0 Å². The first-order valence-corrected chi connectivity index (χ1v) is 5.60. The molecule has 1 aromatic heterocycles. The normalized spacial score (nSPS) is 22.5. The summed E-state index contributed by atoms with van der Waals surface area (Å²) in [5, 5.41) is 16.9. The zero-order chi connectivity index (χ0) is 10.8. The first-order chi connectivity index (χ1) is 7.18. The number of aliphatic hydroxyl groups is 1. The Kier molecular flexibility index (Phi) is 3.07. The second kappa shape index (κ2) is 4.33. The molecule has 15 heavy (non-hydrogen) atoms. The molecule has 0 fully saturated rings. The number of aliphatic hydroxyl groups excluding tert-OH is 1. The van der Waals surface area contributed by atoms with Crippen LogP contribution >= 0.6 is 0 Å². The highest BCUT2D eigenvalue weighted by Gasteiger charge is 2.22. The van der Waals surface area contributed by atoms with Crippen molar-refractivity contribution in [1.29, 1.82) is 0 Å². The van der Waals surface area contributed by atoms with Crippen molar-refractivity contribution in [3.63, 3.8) is 0 Å². The van der Waals surface area contributed by atoms with Crippen LogP contribution in [0.3, 0.4) is 0 Å². The molecular weight excluding hydrogens is 190 g/mol. The van der Waals surface area contributed by atoms with E-state index in [4.69, 9.17) is 0 Å². The van der Waals surface area contributed by atoms with Crippen LogP contribution in [0.5, 0.6) is 0 Å². The quantitative estimate of drug-likeness (QED) is 0.773. The second-order valence-corrected chi connectivity index (χ2v) is 4.37. The van der Waals surface area contributed by atoms with Gasteiger partial charge in [0.25, 0.3) is 0 Å². The van der Waals surface area contributed by atoms with E-state index < -0.39 is 0 Å². The molecule has 0 saturated heterocycles. The van der Waals surface area contributed by atoms with Crippen molar-refractivity contribution in [1.82, 2.24) is 15.1 Å². The maximum Gasteiger partial charge on any atom is 0.0636 e. The molecule has 84 valence electrons. The van der Waals surface area contributed by atoms with Crippen LogP contribution in [0.15, 0.2) is 6.20 Å². The van der Waals surface area contributed by atoms with Gasteiger partial charge in [-0.2, -0.15) is 5.10 Å². The van der Waals surface area contributed by atoms with Gasteiger partial charge in [0, 0.05) is 30.9 Å². The third kappa shape index (κ3) is 2.21. The molecule has 0 bridgehead atoms. The van der Waals surface area contributed by atoms with Gasteiger partial charge in [-0.05, 0) is 26.2 Å². The smallest absolute Gasteiger partial charge is 0.0636 e. The van der Waals surface area contributed by atoms with Gasteiger partial charge < -0.3 is 10.4 Å². The summed E-state index contributed by atoms with van der Waals surface area (Å²) in [6, 6.07) is 0.372. The van der Waals surface area contributed by atoms with Crippen molar-refractivity contribution in [3.05, 3.63) is 17.5 Å². The molecule has 0 saturated carbocycles. The number of hydrogen-bond acceptors (Lipinski definition) is 3. The summed E-state index contributed by atoms with van der Waals surface area (Å²) < 4.78 is 1.96. The second-order valence-electron chi connectivity index (χ2n) is 4.37. The predicted octanol–water partition coefficient (Wildman–Crippen LogP) is 0.768. The standard InChI is InChI=1S/C11H19N3O/c1-8(15)6-12-10-4-3-5-11-9(10)7-13-14(11)2/h7-8,10,12,15H,3-6H2,1-2H3/t8-,10?/m1/s1. The molecule has 0 spiro atoms. The van der Waals surface area contributed by atoms with Gasteiger partial charge >= 0.3 is 0 Å². The molecule has 1 aliphatic carbocycles. The Hall–Kier alpha value is -0.870. The maximum absolute atomic E-state index is 9.25. The van der Waals surface area contributed by atoms with Gasteiger partial charge in [0.2, 0.25) is 0 Å². The van der Waals surface area contributed by atoms with Crippen LogP contribution in [0.1, 0.15) is 37.1 Å². The highest BCUT2D eigenvalue weighted by Crippen LogP contribution is 2.28. The van der Waals surface area contributed by atoms with Crippen molar-refractivity contribution in [2.75, 3.05) is 6.54 Å². The van der Waals surface area contributed by atoms with E-state index in [2.05, 4.69) is 10.4 Å². The maximum atomic E-state index is 9.25. The summed E-state index contributed by atoms with van der Waals surface area (Å²) >= 11 is 0. The van der Waals surface area contributed by atoms with E-state index in [-0.39, 0.29) is 6.10 Å². The fourth-order valence-electron chi connectivity index (χ4n) is 2.23. The van der Waals surface area contributed by atoms with Gasteiger partial charge in [-0.3, -0.25) is 4.68 Å². The number of aryl methyl sites for hydroxylation is 1. The Morgan fingerprint density at radius 2 is 2.53 bits per heavy atom. The molecular formula is C11H19N3O. The zero-order valence-electron chi connectivity index (χ0n) is 9.40. The van der Waals surface area contributed by atoms with Crippen LogP contribution in [0.25, 0.3) is 0 Å². The van der Waals surface area contributed by atoms with Gasteiger partial charge in [-0.15, -0.1) is 0 Å². The summed E-state index contributed by atoms with van der Waals surface area (Å²) in [5.74, 6) is 0. The summed E-state index contributed by atoms with van der Waals surface area (Å²) in [6.07, 6.45) is 5.13. The average Bonchev–Trinajstić information content (AvgIpc) is 2.58. The Morgan fingerprint density at radius 3 is 3.27 bits per heavy atom. The van der Waals surface area contributed by atoms with E-state index in [0.29, 0.717) is 12.6 Å². The lowest BCUT2D eigenvalue weighted by Crippen LogP contribution is -2.30. The summed E-state index contributed by atoms with van der Waals surface area (Å²) in [7, 11) is 2.00. The van der Waals surface area contributed by atoms with Gasteiger partial charge in [0.1, 0.15) is 0 Å². The summed E-state index contributed by atoms with van der Waals surface area (Å²) in [6.45, 7) is 2.46. The highest BCUT2D eigenvalue weighted by molar-refractivity contribution is 5.24. The molecule has 0 radical (unpaired) electrons. The molecule has 4 heteroatoms. The molecule has 4 nitrogen and oxygen atoms in total. The number of rotatable bonds is 3. The van der Waals surface area contributed by atoms with Crippen molar-refractivity contribution in [3.8, 4) is 0 Å². The van der Waals surface area contributed by atoms with E-state index in [0.717, 1.165) is 12.8 Å². The predicted molar refractivity (Wildman–Crippen MR) is 58.6 cm³/mol. The third-order valence-corrected chi connectivity index (χ3v) is 3.04. The van der Waals surface area contributed by atoms with E-state index in [1.54, 1.807) is 6.92 Å². The lowest BCUT2D eigenvalue weighted by atomic mass is 9.93. The third-order valence-electron chi connectivity index (χ3n) is 3.04. The van der Waals surface area contributed by atoms with Crippen LogP contribution in [0.4, 0.5) is 0 Å². The molecule has 1 aliphatic rings. The van der Waals surface area contributed by atoms with Gasteiger partial charge in [0.15, 0.2) is 0 Å². The van der Waals surface area contributed by atoms with Crippen LogP contribution < -0.4 is 5.32 Å². The van der Waals surface area contributed by atoms with E-state index in [9.17, 15) is 5.11 Å². The number of nitrogens with one attached hydrogen (secondary N) is 1. The monoisotopic (exact) mass is 209 g/mol. The van der Waals surface area contributed by atoms with Crippen LogP contribution in [0.2, 0.25) is 0 Å². The lowest BCUT2D eigenvalue weighted by Gasteiger charge is -2.24. The molecule has 2 atom stereocenters. The Bertz CT molecular complexity index is 333. The van der Waals surface area contributed by atoms with Crippen LogP contribution in [0, 0.1) is 0 Å². The molecule has 2 rings (SSSR count). The first kappa shape index (κ1) is 10.6. The number of nitrogens with zero attached hydrogens (tertiary/aromatic N) is 2. The lowest BCUT2D eigenvalue weighted by molar-refractivity contribution is 0.184. The molecule has 1 unspecified atom stereocenters. The van der Waals surface area contributed by atoms with Crippen molar-refractivity contribution in [2.45, 2.75) is 38.3 Å². The molecule has 0 amide bonds. The Labute approximate surface area is 90.3 Å². The van der Waals surface area contributed by atoms with E-state index in [1.165, 1.54) is 17.7 Å². The average molecular weight is 209 g/mol. The SMILES string of the molecule is C[C@@H](O)CNC1CCCc2c1cnn2C. The number of hydrogen-bond donors (Lipinski definition) is 2. The highest BCUT2D eigenvalue weighted by atomic mass is 16.3. The van der Waals surface area contributed by atoms with Gasteiger partial charge in [0.05, 0.1) is 12.3 Å².